The topological polar surface area (TPSA) is 97.5 Å². The molecule has 0 bridgehead atoms. The molecular weight excluding hydrogens is 560 g/mol. The standard InChI is InChI=1S/C25H22ClF4N3O.C3H7NO.C2H6/c1-15(25(28,29)30)11-23(32-19-4-2-3-17(12-19)14-31)24(34)33-22-13-18(8-10-21(22)27)20(26)9-7-16-5-6-16;1-4-2-3-5;1-2/h2-4,8,10-13,16,20,32H,1,5-7,9H2,(H,33,34);2,5H,3H2,1H3;1-2H3/b23-11-;;. The lowest BCUT2D eigenvalue weighted by Gasteiger charge is -2.16. The Morgan fingerprint density at radius 2 is 1.93 bits per heavy atom. The summed E-state index contributed by atoms with van der Waals surface area (Å²) in [7, 11) is 1.62. The number of amides is 1. The van der Waals surface area contributed by atoms with Crippen LogP contribution in [0.4, 0.5) is 28.9 Å². The largest absolute Gasteiger partial charge is 0.415 e. The average Bonchev–Trinajstić information content (AvgIpc) is 3.78. The maximum Gasteiger partial charge on any atom is 0.415 e. The van der Waals surface area contributed by atoms with Crippen LogP contribution in [0.2, 0.25) is 0 Å². The smallest absolute Gasteiger partial charge is 0.391 e. The maximum atomic E-state index is 14.4. The van der Waals surface area contributed by atoms with Gasteiger partial charge in [0.1, 0.15) is 11.5 Å². The number of aliphatic imine (C=N–C) groups is 1. The Balaban J connectivity index is 0.00000108. The van der Waals surface area contributed by atoms with E-state index >= 15 is 0 Å². The molecule has 2 aromatic carbocycles. The zero-order valence-corrected chi connectivity index (χ0v) is 24.0. The zero-order valence-electron chi connectivity index (χ0n) is 23.2. The number of benzene rings is 2. The highest BCUT2D eigenvalue weighted by Gasteiger charge is 2.31. The molecule has 2 aromatic rings. The molecule has 0 spiro atoms. The Morgan fingerprint density at radius 1 is 1.24 bits per heavy atom. The van der Waals surface area contributed by atoms with Crippen molar-refractivity contribution in [3.05, 3.63) is 83.3 Å². The van der Waals surface area contributed by atoms with E-state index in [-0.39, 0.29) is 28.9 Å². The number of carbonyl (C=O) groups excluding carboxylic acids is 1. The number of carbonyl (C=O) groups is 1. The quantitative estimate of drug-likeness (QED) is 0.0855. The molecule has 1 amide bonds. The predicted octanol–water partition coefficient (Wildman–Crippen LogP) is 7.93. The van der Waals surface area contributed by atoms with Gasteiger partial charge in [0.05, 0.1) is 34.9 Å². The van der Waals surface area contributed by atoms with Crippen molar-refractivity contribution in [2.75, 3.05) is 24.3 Å². The predicted molar refractivity (Wildman–Crippen MR) is 156 cm³/mol. The number of rotatable bonds is 10. The molecule has 1 aliphatic rings. The molecule has 0 radical (unpaired) electrons. The number of halogens is 5. The Hall–Kier alpha value is -3.68. The molecule has 0 aromatic heterocycles. The molecule has 1 atom stereocenters. The van der Waals surface area contributed by atoms with Crippen LogP contribution in [0, 0.1) is 23.1 Å². The van der Waals surface area contributed by atoms with Gasteiger partial charge < -0.3 is 15.7 Å². The molecule has 1 aliphatic carbocycles. The van der Waals surface area contributed by atoms with Crippen molar-refractivity contribution in [3.63, 3.8) is 0 Å². The summed E-state index contributed by atoms with van der Waals surface area (Å²) in [5.74, 6) is -1.11. The highest BCUT2D eigenvalue weighted by atomic mass is 35.5. The second-order valence-corrected chi connectivity index (χ2v) is 9.23. The van der Waals surface area contributed by atoms with Crippen LogP contribution in [0.3, 0.4) is 0 Å². The van der Waals surface area contributed by atoms with E-state index in [0.717, 1.165) is 12.5 Å². The van der Waals surface area contributed by atoms with E-state index in [0.29, 0.717) is 24.0 Å². The number of aliphatic hydroxyl groups is 1. The molecule has 0 aliphatic heterocycles. The van der Waals surface area contributed by atoms with E-state index in [2.05, 4.69) is 22.2 Å². The van der Waals surface area contributed by atoms with Crippen molar-refractivity contribution in [2.45, 2.75) is 51.1 Å². The second-order valence-electron chi connectivity index (χ2n) is 8.70. The fourth-order valence-electron chi connectivity index (χ4n) is 3.30. The van der Waals surface area contributed by atoms with Gasteiger partial charge in [-0.3, -0.25) is 9.79 Å². The Labute approximate surface area is 243 Å². The van der Waals surface area contributed by atoms with Gasteiger partial charge in [0.25, 0.3) is 5.91 Å². The lowest BCUT2D eigenvalue weighted by atomic mass is 10.0. The SMILES string of the molecule is C=C(/C=C(\Nc1cccc(C#N)c1)C(=O)Nc1cc(C(Cl)CCC2CC2)ccc1F)C(F)(F)F.CC.CN=CCO. The van der Waals surface area contributed by atoms with Crippen LogP contribution in [0.5, 0.6) is 0 Å². The van der Waals surface area contributed by atoms with Crippen molar-refractivity contribution in [1.82, 2.24) is 0 Å². The summed E-state index contributed by atoms with van der Waals surface area (Å²) in [5, 5.41) is 21.4. The van der Waals surface area contributed by atoms with Gasteiger partial charge in [-0.1, -0.05) is 45.4 Å². The minimum absolute atomic E-state index is 0.0521. The van der Waals surface area contributed by atoms with E-state index in [9.17, 15) is 22.4 Å². The van der Waals surface area contributed by atoms with Crippen LogP contribution < -0.4 is 10.6 Å². The summed E-state index contributed by atoms with van der Waals surface area (Å²) in [6, 6.07) is 11.8. The summed E-state index contributed by atoms with van der Waals surface area (Å²) in [5.41, 5.74) is -0.993. The average molecular weight is 595 g/mol. The first-order chi connectivity index (χ1) is 19.5. The van der Waals surface area contributed by atoms with Crippen LogP contribution >= 0.6 is 11.6 Å². The second kappa shape index (κ2) is 17.9. The number of nitrogens with zero attached hydrogens (tertiary/aromatic N) is 2. The number of allylic oxidation sites excluding steroid dienone is 2. The number of hydrogen-bond acceptors (Lipinski definition) is 5. The summed E-state index contributed by atoms with van der Waals surface area (Å²) < 4.78 is 53.7. The van der Waals surface area contributed by atoms with Crippen LogP contribution in [0.1, 0.15) is 56.0 Å². The zero-order chi connectivity index (χ0) is 31.0. The number of aliphatic hydroxyl groups excluding tert-OH is 1. The summed E-state index contributed by atoms with van der Waals surface area (Å²) in [4.78, 5) is 16.4. The van der Waals surface area contributed by atoms with Crippen molar-refractivity contribution in [2.24, 2.45) is 10.9 Å². The maximum absolute atomic E-state index is 14.4. The monoisotopic (exact) mass is 594 g/mol. The highest BCUT2D eigenvalue weighted by Crippen LogP contribution is 2.38. The van der Waals surface area contributed by atoms with Crippen LogP contribution in [-0.2, 0) is 4.79 Å². The van der Waals surface area contributed by atoms with Gasteiger partial charge in [0, 0.05) is 18.9 Å². The third-order valence-electron chi connectivity index (χ3n) is 5.59. The van der Waals surface area contributed by atoms with Gasteiger partial charge in [-0.15, -0.1) is 11.6 Å². The first-order valence-electron chi connectivity index (χ1n) is 13.0. The fraction of sp³-hybridized carbons (Fsp3) is 0.367. The van der Waals surface area contributed by atoms with Crippen molar-refractivity contribution < 1.29 is 27.5 Å². The molecule has 1 unspecified atom stereocenters. The summed E-state index contributed by atoms with van der Waals surface area (Å²) >= 11 is 6.43. The van der Waals surface area contributed by atoms with Gasteiger partial charge in [0.2, 0.25) is 0 Å². The summed E-state index contributed by atoms with van der Waals surface area (Å²) in [6.45, 7) is 7.01. The highest BCUT2D eigenvalue weighted by molar-refractivity contribution is 6.20. The lowest BCUT2D eigenvalue weighted by molar-refractivity contribution is -0.112. The molecule has 3 rings (SSSR count). The van der Waals surface area contributed by atoms with E-state index in [1.165, 1.54) is 55.5 Å². The van der Waals surface area contributed by atoms with Crippen molar-refractivity contribution >= 4 is 35.1 Å². The Kier molecular flexibility index (Phi) is 15.4. The normalized spacial score (nSPS) is 13.6. The van der Waals surface area contributed by atoms with Gasteiger partial charge in [-0.2, -0.15) is 18.4 Å². The van der Waals surface area contributed by atoms with Gasteiger partial charge in [-0.25, -0.2) is 4.39 Å². The Morgan fingerprint density at radius 3 is 2.46 bits per heavy atom. The minimum Gasteiger partial charge on any atom is -0.391 e. The first-order valence-corrected chi connectivity index (χ1v) is 13.4. The van der Waals surface area contributed by atoms with Gasteiger partial charge in [-0.05, 0) is 60.7 Å². The third-order valence-corrected chi connectivity index (χ3v) is 6.06. The third kappa shape index (κ3) is 13.0. The fourth-order valence-corrected chi connectivity index (χ4v) is 3.56. The first kappa shape index (κ1) is 35.3. The van der Waals surface area contributed by atoms with Crippen molar-refractivity contribution in [3.8, 4) is 6.07 Å². The molecule has 3 N–H and O–H groups in total. The molecule has 0 saturated heterocycles. The van der Waals surface area contributed by atoms with E-state index in [4.69, 9.17) is 22.0 Å². The molecule has 222 valence electrons. The minimum atomic E-state index is -4.78. The number of alkyl halides is 4. The molecule has 1 saturated carbocycles. The van der Waals surface area contributed by atoms with E-state index in [1.54, 1.807) is 7.05 Å². The van der Waals surface area contributed by atoms with Crippen LogP contribution in [0.15, 0.2) is 71.4 Å². The van der Waals surface area contributed by atoms with Gasteiger partial charge >= 0.3 is 6.18 Å². The van der Waals surface area contributed by atoms with Gasteiger partial charge in [0.15, 0.2) is 0 Å². The lowest BCUT2D eigenvalue weighted by Crippen LogP contribution is -2.22. The Bertz CT molecular complexity index is 1250. The molecule has 0 heterocycles. The molecule has 1 fully saturated rings. The number of hydrogen-bond donors (Lipinski definition) is 3. The molecule has 11 heteroatoms. The van der Waals surface area contributed by atoms with E-state index in [1.807, 2.05) is 19.9 Å². The number of nitriles is 1. The van der Waals surface area contributed by atoms with Crippen LogP contribution in [0.25, 0.3) is 0 Å². The van der Waals surface area contributed by atoms with Crippen LogP contribution in [-0.4, -0.2) is 37.1 Å². The number of anilines is 2. The van der Waals surface area contributed by atoms with Crippen molar-refractivity contribution in [1.29, 1.82) is 5.26 Å². The summed E-state index contributed by atoms with van der Waals surface area (Å²) in [6.07, 6.45) is 1.17. The van der Waals surface area contributed by atoms with E-state index < -0.39 is 29.2 Å². The molecule has 6 nitrogen and oxygen atoms in total. The molecule has 41 heavy (non-hydrogen) atoms. The number of nitrogens with one attached hydrogen (secondary N) is 2. The molecular formula is C30H35ClF4N4O2.